The normalized spacial score (nSPS) is 11.4. The molecule has 2 aromatic carbocycles. The van der Waals surface area contributed by atoms with Crippen LogP contribution in [0.5, 0.6) is 0 Å². The van der Waals surface area contributed by atoms with Gasteiger partial charge in [-0.25, -0.2) is 0 Å². The third-order valence-electron chi connectivity index (χ3n) is 6.21. The minimum atomic E-state index is -0.0336. The SMILES string of the molecule is Cc1nn(C(C)C)c(C)c1CN(C)C(=O)c1ccc2cc(-c3ccc(=O)n(C)c3)ccc2c1. The van der Waals surface area contributed by atoms with Gasteiger partial charge in [-0.2, -0.15) is 5.10 Å². The van der Waals surface area contributed by atoms with E-state index in [1.54, 1.807) is 22.6 Å². The summed E-state index contributed by atoms with van der Waals surface area (Å²) in [6, 6.07) is 15.6. The van der Waals surface area contributed by atoms with Gasteiger partial charge in [-0.3, -0.25) is 14.3 Å². The molecule has 0 aliphatic rings. The maximum Gasteiger partial charge on any atom is 0.253 e. The second-order valence-electron chi connectivity index (χ2n) is 8.99. The Balaban J connectivity index is 1.59. The Kier molecular flexibility index (Phi) is 5.93. The average molecular weight is 443 g/mol. The number of amides is 1. The summed E-state index contributed by atoms with van der Waals surface area (Å²) in [7, 11) is 3.58. The number of nitrogens with zero attached hydrogens (tertiary/aromatic N) is 4. The molecule has 0 aliphatic heterocycles. The molecule has 4 aromatic rings. The van der Waals surface area contributed by atoms with E-state index in [0.29, 0.717) is 12.1 Å². The lowest BCUT2D eigenvalue weighted by Gasteiger charge is -2.18. The Morgan fingerprint density at radius 2 is 1.67 bits per heavy atom. The molecule has 33 heavy (non-hydrogen) atoms. The zero-order valence-corrected chi connectivity index (χ0v) is 20.1. The van der Waals surface area contributed by atoms with Crippen molar-refractivity contribution < 1.29 is 4.79 Å². The maximum atomic E-state index is 13.2. The molecule has 0 bridgehead atoms. The summed E-state index contributed by atoms with van der Waals surface area (Å²) in [6.45, 7) is 8.80. The molecule has 2 aromatic heterocycles. The van der Waals surface area contributed by atoms with Gasteiger partial charge in [0.25, 0.3) is 5.91 Å². The van der Waals surface area contributed by atoms with Gasteiger partial charge in [-0.15, -0.1) is 0 Å². The van der Waals surface area contributed by atoms with Crippen LogP contribution in [0, 0.1) is 13.8 Å². The predicted molar refractivity (Wildman–Crippen MR) is 133 cm³/mol. The summed E-state index contributed by atoms with van der Waals surface area (Å²) in [6.07, 6.45) is 1.84. The van der Waals surface area contributed by atoms with Crippen LogP contribution >= 0.6 is 0 Å². The van der Waals surface area contributed by atoms with Crippen molar-refractivity contribution in [3.8, 4) is 11.1 Å². The van der Waals surface area contributed by atoms with Gasteiger partial charge in [-0.05, 0) is 73.9 Å². The van der Waals surface area contributed by atoms with Crippen molar-refractivity contribution in [2.75, 3.05) is 7.05 Å². The molecule has 0 N–H and O–H groups in total. The molecule has 0 radical (unpaired) electrons. The molecular formula is C27H30N4O2. The first-order chi connectivity index (χ1) is 15.7. The lowest BCUT2D eigenvalue weighted by molar-refractivity contribution is 0.0785. The zero-order valence-electron chi connectivity index (χ0n) is 20.1. The van der Waals surface area contributed by atoms with Crippen LogP contribution in [-0.4, -0.2) is 32.2 Å². The molecule has 4 rings (SSSR count). The fourth-order valence-corrected chi connectivity index (χ4v) is 4.28. The highest BCUT2D eigenvalue weighted by Gasteiger charge is 2.19. The van der Waals surface area contributed by atoms with E-state index < -0.39 is 0 Å². The largest absolute Gasteiger partial charge is 0.337 e. The molecule has 0 fully saturated rings. The van der Waals surface area contributed by atoms with E-state index in [0.717, 1.165) is 38.9 Å². The second-order valence-corrected chi connectivity index (χ2v) is 8.99. The highest BCUT2D eigenvalue weighted by atomic mass is 16.2. The van der Waals surface area contributed by atoms with E-state index in [2.05, 4.69) is 31.9 Å². The van der Waals surface area contributed by atoms with Gasteiger partial charge in [0.1, 0.15) is 0 Å². The average Bonchev–Trinajstić information content (AvgIpc) is 3.08. The number of benzene rings is 2. The third-order valence-corrected chi connectivity index (χ3v) is 6.21. The molecule has 0 saturated heterocycles. The first kappa shape index (κ1) is 22.5. The predicted octanol–water partition coefficient (Wildman–Crippen LogP) is 4.87. The van der Waals surface area contributed by atoms with Crippen molar-refractivity contribution in [1.82, 2.24) is 19.2 Å². The van der Waals surface area contributed by atoms with Crippen molar-refractivity contribution in [2.24, 2.45) is 7.05 Å². The number of hydrogen-bond acceptors (Lipinski definition) is 3. The summed E-state index contributed by atoms with van der Waals surface area (Å²) in [5.74, 6) is -0.0184. The third kappa shape index (κ3) is 4.33. The van der Waals surface area contributed by atoms with Crippen molar-refractivity contribution >= 4 is 16.7 Å². The van der Waals surface area contributed by atoms with Crippen LogP contribution in [0.25, 0.3) is 21.9 Å². The van der Waals surface area contributed by atoms with Crippen LogP contribution < -0.4 is 5.56 Å². The van der Waals surface area contributed by atoms with Crippen LogP contribution in [0.1, 0.15) is 47.2 Å². The van der Waals surface area contributed by atoms with Crippen LogP contribution in [0.15, 0.2) is 59.5 Å². The molecule has 0 atom stereocenters. The van der Waals surface area contributed by atoms with Crippen LogP contribution in [0.4, 0.5) is 0 Å². The van der Waals surface area contributed by atoms with Gasteiger partial charge in [0, 0.05) is 55.8 Å². The fraction of sp³-hybridized carbons (Fsp3) is 0.296. The van der Waals surface area contributed by atoms with E-state index >= 15 is 0 Å². The molecule has 6 heteroatoms. The monoisotopic (exact) mass is 442 g/mol. The first-order valence-corrected chi connectivity index (χ1v) is 11.2. The summed E-state index contributed by atoms with van der Waals surface area (Å²) in [4.78, 5) is 26.6. The van der Waals surface area contributed by atoms with E-state index in [1.165, 1.54) is 0 Å². The highest BCUT2D eigenvalue weighted by molar-refractivity contribution is 5.99. The Morgan fingerprint density at radius 3 is 2.33 bits per heavy atom. The van der Waals surface area contributed by atoms with Crippen molar-refractivity contribution in [1.29, 1.82) is 0 Å². The summed E-state index contributed by atoms with van der Waals surface area (Å²) in [5, 5.41) is 6.69. The summed E-state index contributed by atoms with van der Waals surface area (Å²) >= 11 is 0. The summed E-state index contributed by atoms with van der Waals surface area (Å²) < 4.78 is 3.59. The fourth-order valence-electron chi connectivity index (χ4n) is 4.28. The maximum absolute atomic E-state index is 13.2. The molecular weight excluding hydrogens is 412 g/mol. The Bertz CT molecular complexity index is 1410. The van der Waals surface area contributed by atoms with Gasteiger partial charge in [0.05, 0.1) is 5.69 Å². The first-order valence-electron chi connectivity index (χ1n) is 11.2. The number of carbonyl (C=O) groups is 1. The molecule has 0 aliphatic carbocycles. The molecule has 0 unspecified atom stereocenters. The highest BCUT2D eigenvalue weighted by Crippen LogP contribution is 2.25. The number of fused-ring (bicyclic) bond motifs is 1. The number of aryl methyl sites for hydroxylation is 2. The second kappa shape index (κ2) is 8.70. The van der Waals surface area contributed by atoms with E-state index in [9.17, 15) is 9.59 Å². The van der Waals surface area contributed by atoms with Crippen molar-refractivity contribution in [3.05, 3.63) is 87.6 Å². The summed E-state index contributed by atoms with van der Waals surface area (Å²) in [5.41, 5.74) is 5.80. The Morgan fingerprint density at radius 1 is 1.00 bits per heavy atom. The van der Waals surface area contributed by atoms with Crippen LogP contribution in [0.3, 0.4) is 0 Å². The number of pyridine rings is 1. The zero-order chi connectivity index (χ0) is 23.9. The molecule has 1 amide bonds. The molecule has 170 valence electrons. The Labute approximate surface area is 194 Å². The molecule has 0 spiro atoms. The van der Waals surface area contributed by atoms with Gasteiger partial charge in [0.15, 0.2) is 0 Å². The topological polar surface area (TPSA) is 60.1 Å². The number of rotatable bonds is 5. The standard InChI is InChI=1S/C27H30N4O2/c1-17(2)31-19(4)25(18(3)28-31)16-30(6)27(33)23-10-9-20-13-22(8-7-21(20)14-23)24-11-12-26(32)29(5)15-24/h7-15,17H,16H2,1-6H3. The molecule has 0 saturated carbocycles. The van der Waals surface area contributed by atoms with Gasteiger partial charge in [-0.1, -0.05) is 18.2 Å². The van der Waals surface area contributed by atoms with Gasteiger partial charge < -0.3 is 9.47 Å². The molecule has 6 nitrogen and oxygen atoms in total. The van der Waals surface area contributed by atoms with E-state index in [-0.39, 0.29) is 17.5 Å². The van der Waals surface area contributed by atoms with E-state index in [1.807, 2.05) is 61.2 Å². The van der Waals surface area contributed by atoms with E-state index in [4.69, 9.17) is 0 Å². The smallest absolute Gasteiger partial charge is 0.253 e. The lowest BCUT2D eigenvalue weighted by atomic mass is 10.0. The van der Waals surface area contributed by atoms with Crippen molar-refractivity contribution in [2.45, 2.75) is 40.3 Å². The molecule has 2 heterocycles. The number of hydrogen-bond donors (Lipinski definition) is 0. The quantitative estimate of drug-likeness (QED) is 0.443. The minimum Gasteiger partial charge on any atom is -0.337 e. The van der Waals surface area contributed by atoms with Gasteiger partial charge >= 0.3 is 0 Å². The lowest BCUT2D eigenvalue weighted by Crippen LogP contribution is -2.26. The van der Waals surface area contributed by atoms with Crippen LogP contribution in [-0.2, 0) is 13.6 Å². The Hall–Kier alpha value is -3.67. The van der Waals surface area contributed by atoms with Crippen LogP contribution in [0.2, 0.25) is 0 Å². The number of carbonyl (C=O) groups excluding carboxylic acids is 1. The van der Waals surface area contributed by atoms with Gasteiger partial charge in [0.2, 0.25) is 5.56 Å². The van der Waals surface area contributed by atoms with Crippen molar-refractivity contribution in [3.63, 3.8) is 0 Å². The number of aromatic nitrogens is 3. The minimum absolute atomic E-state index is 0.0184.